The van der Waals surface area contributed by atoms with Crippen LogP contribution < -0.4 is 21.3 Å². The van der Waals surface area contributed by atoms with Gasteiger partial charge in [0.1, 0.15) is 0 Å². The minimum Gasteiger partial charge on any atom is -0.353 e. The minimum atomic E-state index is -0.291. The van der Waals surface area contributed by atoms with Crippen LogP contribution in [0, 0.1) is 22.7 Å². The molecule has 6 nitrogen and oxygen atoms in total. The third kappa shape index (κ3) is 3.36. The summed E-state index contributed by atoms with van der Waals surface area (Å²) in [4.78, 5) is 26.9. The Kier molecular flexibility index (Phi) is 4.90. The number of rotatable bonds is 4. The lowest BCUT2D eigenvalue weighted by Crippen LogP contribution is -2.63. The molecule has 28 heavy (non-hydrogen) atoms. The van der Waals surface area contributed by atoms with Crippen LogP contribution in [0.2, 0.25) is 0 Å². The van der Waals surface area contributed by atoms with Crippen molar-refractivity contribution in [1.82, 2.24) is 21.3 Å². The van der Waals surface area contributed by atoms with Crippen molar-refractivity contribution in [3.05, 3.63) is 0 Å². The van der Waals surface area contributed by atoms with Crippen LogP contribution in [-0.2, 0) is 9.59 Å². The number of carbonyl (C=O) groups excluding carboxylic acids is 2. The predicted octanol–water partition coefficient (Wildman–Crippen LogP) is 1.31. The highest BCUT2D eigenvalue weighted by atomic mass is 16.2. The molecule has 0 unspecified atom stereocenters. The number of piperidine rings is 2. The topological polar surface area (TPSA) is 82.3 Å². The van der Waals surface area contributed by atoms with Crippen LogP contribution in [0.1, 0.15) is 64.2 Å². The third-order valence-corrected chi connectivity index (χ3v) is 8.37. The van der Waals surface area contributed by atoms with Crippen molar-refractivity contribution >= 4 is 11.8 Å². The van der Waals surface area contributed by atoms with E-state index in [0.717, 1.165) is 84.0 Å². The maximum absolute atomic E-state index is 13.4. The van der Waals surface area contributed by atoms with E-state index >= 15 is 0 Å². The standard InChI is InChI=1S/C22H36N4O2/c27-19(25-17-1-5-23-6-2-17)21-10-15-9-16(11-21)13-22(12-15,14-21)20(28)26-18-3-7-24-8-4-18/h15-18,23-24H,1-14H2,(H,25,27)(H,26,28). The number of carbonyl (C=O) groups is 2. The molecule has 2 amide bonds. The lowest BCUT2D eigenvalue weighted by atomic mass is 9.43. The van der Waals surface area contributed by atoms with Gasteiger partial charge in [0.05, 0.1) is 10.8 Å². The number of hydrogen-bond donors (Lipinski definition) is 4. The van der Waals surface area contributed by atoms with Gasteiger partial charge < -0.3 is 21.3 Å². The monoisotopic (exact) mass is 388 g/mol. The van der Waals surface area contributed by atoms with Gasteiger partial charge in [0, 0.05) is 12.1 Å². The molecule has 6 heteroatoms. The van der Waals surface area contributed by atoms with Gasteiger partial charge in [0.15, 0.2) is 0 Å². The summed E-state index contributed by atoms with van der Waals surface area (Å²) in [5.41, 5.74) is -0.583. The Hall–Kier alpha value is -1.14. The van der Waals surface area contributed by atoms with Crippen molar-refractivity contribution in [2.24, 2.45) is 22.7 Å². The van der Waals surface area contributed by atoms with Crippen LogP contribution in [0.3, 0.4) is 0 Å². The van der Waals surface area contributed by atoms with Crippen molar-refractivity contribution in [1.29, 1.82) is 0 Å². The van der Waals surface area contributed by atoms with Gasteiger partial charge in [0.25, 0.3) is 0 Å². The van der Waals surface area contributed by atoms with Crippen molar-refractivity contribution in [2.75, 3.05) is 26.2 Å². The summed E-state index contributed by atoms with van der Waals surface area (Å²) in [6, 6.07) is 0.613. The van der Waals surface area contributed by atoms with Gasteiger partial charge in [-0.1, -0.05) is 0 Å². The molecule has 2 saturated heterocycles. The van der Waals surface area contributed by atoms with E-state index in [-0.39, 0.29) is 22.6 Å². The summed E-state index contributed by atoms with van der Waals surface area (Å²) in [5, 5.41) is 13.5. The van der Waals surface area contributed by atoms with Crippen LogP contribution >= 0.6 is 0 Å². The first-order chi connectivity index (χ1) is 13.6. The lowest BCUT2D eigenvalue weighted by Gasteiger charge is -2.60. The normalized spacial score (nSPS) is 41.0. The molecule has 0 aromatic heterocycles. The third-order valence-electron chi connectivity index (χ3n) is 8.37. The summed E-state index contributed by atoms with van der Waals surface area (Å²) >= 11 is 0. The van der Waals surface area contributed by atoms with Crippen molar-refractivity contribution in [2.45, 2.75) is 76.3 Å². The van der Waals surface area contributed by atoms with Crippen molar-refractivity contribution in [3.63, 3.8) is 0 Å². The van der Waals surface area contributed by atoms with Gasteiger partial charge in [-0.15, -0.1) is 0 Å². The van der Waals surface area contributed by atoms with Crippen LogP contribution in [0.15, 0.2) is 0 Å². The first kappa shape index (κ1) is 18.9. The Labute approximate surface area is 168 Å². The fraction of sp³-hybridized carbons (Fsp3) is 0.909. The zero-order valence-corrected chi connectivity index (χ0v) is 17.0. The molecule has 156 valence electrons. The van der Waals surface area contributed by atoms with Gasteiger partial charge in [0.2, 0.25) is 11.8 Å². The molecular weight excluding hydrogens is 352 g/mol. The van der Waals surface area contributed by atoms with E-state index in [2.05, 4.69) is 21.3 Å². The SMILES string of the molecule is O=C(NC1CCNCC1)C12CC3CC(C1)CC(C(=O)NC1CCNCC1)(C3)C2. The molecule has 2 heterocycles. The molecule has 6 rings (SSSR count). The molecule has 0 radical (unpaired) electrons. The zero-order chi connectivity index (χ0) is 19.2. The Balaban J connectivity index is 1.31. The molecule has 4 aliphatic carbocycles. The summed E-state index contributed by atoms with van der Waals surface area (Å²) in [5.74, 6) is 1.62. The second-order valence-electron chi connectivity index (χ2n) is 10.5. The highest BCUT2D eigenvalue weighted by Crippen LogP contribution is 2.65. The summed E-state index contributed by atoms with van der Waals surface area (Å²) in [7, 11) is 0. The Morgan fingerprint density at radius 1 is 0.679 bits per heavy atom. The summed E-state index contributed by atoms with van der Waals surface area (Å²) < 4.78 is 0. The molecule has 6 fully saturated rings. The van der Waals surface area contributed by atoms with E-state index in [4.69, 9.17) is 0 Å². The summed E-state index contributed by atoms with van der Waals surface area (Å²) in [6.07, 6.45) is 10.1. The molecule has 0 atom stereocenters. The molecular formula is C22H36N4O2. The van der Waals surface area contributed by atoms with Gasteiger partial charge >= 0.3 is 0 Å². The number of hydrogen-bond acceptors (Lipinski definition) is 4. The Bertz CT molecular complexity index is 560. The number of amides is 2. The molecule has 6 aliphatic rings. The van der Waals surface area contributed by atoms with Crippen molar-refractivity contribution < 1.29 is 9.59 Å². The summed E-state index contributed by atoms with van der Waals surface area (Å²) in [6.45, 7) is 3.97. The average Bonchev–Trinajstić information content (AvgIpc) is 2.68. The van der Waals surface area contributed by atoms with Crippen molar-refractivity contribution in [3.8, 4) is 0 Å². The molecule has 4 N–H and O–H groups in total. The van der Waals surface area contributed by atoms with Gasteiger partial charge in [-0.3, -0.25) is 9.59 Å². The largest absolute Gasteiger partial charge is 0.353 e. The van der Waals surface area contributed by atoms with E-state index in [9.17, 15) is 9.59 Å². The average molecular weight is 389 g/mol. The van der Waals surface area contributed by atoms with E-state index in [1.54, 1.807) is 0 Å². The van der Waals surface area contributed by atoms with Crippen LogP contribution in [-0.4, -0.2) is 50.1 Å². The Morgan fingerprint density at radius 3 is 1.46 bits per heavy atom. The molecule has 0 spiro atoms. The van der Waals surface area contributed by atoms with E-state index in [1.807, 2.05) is 0 Å². The minimum absolute atomic E-state index is 0.257. The van der Waals surface area contributed by atoms with Gasteiger partial charge in [-0.2, -0.15) is 0 Å². The van der Waals surface area contributed by atoms with E-state index in [0.29, 0.717) is 23.9 Å². The maximum atomic E-state index is 13.4. The maximum Gasteiger partial charge on any atom is 0.226 e. The highest BCUT2D eigenvalue weighted by Gasteiger charge is 2.63. The van der Waals surface area contributed by atoms with Crippen LogP contribution in [0.4, 0.5) is 0 Å². The number of nitrogens with one attached hydrogen (secondary N) is 4. The highest BCUT2D eigenvalue weighted by molar-refractivity contribution is 5.88. The first-order valence-corrected chi connectivity index (χ1v) is 11.6. The fourth-order valence-electron chi connectivity index (χ4n) is 7.40. The molecule has 0 aromatic carbocycles. The zero-order valence-electron chi connectivity index (χ0n) is 17.0. The smallest absolute Gasteiger partial charge is 0.226 e. The van der Waals surface area contributed by atoms with Crippen LogP contribution in [0.5, 0.6) is 0 Å². The van der Waals surface area contributed by atoms with Gasteiger partial charge in [-0.25, -0.2) is 0 Å². The first-order valence-electron chi connectivity index (χ1n) is 11.6. The molecule has 4 bridgehead atoms. The second kappa shape index (κ2) is 7.28. The predicted molar refractivity (Wildman–Crippen MR) is 108 cm³/mol. The molecule has 2 aliphatic heterocycles. The Morgan fingerprint density at radius 2 is 1.07 bits per heavy atom. The fourth-order valence-corrected chi connectivity index (χ4v) is 7.40. The quantitative estimate of drug-likeness (QED) is 0.585. The second-order valence-corrected chi connectivity index (χ2v) is 10.5. The molecule has 4 saturated carbocycles. The molecule has 0 aromatic rings. The van der Waals surface area contributed by atoms with Crippen LogP contribution in [0.25, 0.3) is 0 Å². The lowest BCUT2D eigenvalue weighted by molar-refractivity contribution is -0.168. The van der Waals surface area contributed by atoms with Gasteiger partial charge in [-0.05, 0) is 102 Å². The van der Waals surface area contributed by atoms with E-state index in [1.165, 1.54) is 6.42 Å². The van der Waals surface area contributed by atoms with E-state index < -0.39 is 0 Å².